The van der Waals surface area contributed by atoms with Gasteiger partial charge in [-0.25, -0.2) is 4.79 Å². The number of ether oxygens (including phenoxy) is 1. The van der Waals surface area contributed by atoms with Gasteiger partial charge in [-0.05, 0) is 13.8 Å². The highest BCUT2D eigenvalue weighted by Crippen LogP contribution is 2.20. The summed E-state index contributed by atoms with van der Waals surface area (Å²) in [6.45, 7) is 6.55. The number of amides is 1. The first-order valence-electron chi connectivity index (χ1n) is 6.73. The average molecular weight is 281 g/mol. The molecule has 0 unspecified atom stereocenters. The topological polar surface area (TPSA) is 80.0 Å². The van der Waals surface area contributed by atoms with Crippen molar-refractivity contribution in [2.45, 2.75) is 39.4 Å². The second-order valence-corrected chi connectivity index (χ2v) is 5.07. The summed E-state index contributed by atoms with van der Waals surface area (Å²) in [6, 6.07) is 1.31. The Balaban J connectivity index is 2.22. The highest BCUT2D eigenvalue weighted by atomic mass is 16.5. The number of carbonyl (C=O) groups is 2. The minimum absolute atomic E-state index is 0.0396. The lowest BCUT2D eigenvalue weighted by atomic mass is 10.2. The van der Waals surface area contributed by atoms with Crippen LogP contribution in [0.5, 0.6) is 0 Å². The molecule has 0 aliphatic carbocycles. The molecule has 1 aliphatic rings. The zero-order valence-electron chi connectivity index (χ0n) is 11.9. The second kappa shape index (κ2) is 5.66. The predicted molar refractivity (Wildman–Crippen MR) is 71.0 cm³/mol. The fourth-order valence-corrected chi connectivity index (χ4v) is 2.48. The maximum absolute atomic E-state index is 12.4. The molecular formula is C14H19NO5. The molecule has 6 heteroatoms. The predicted octanol–water partition coefficient (Wildman–Crippen LogP) is 1.79. The van der Waals surface area contributed by atoms with Gasteiger partial charge in [-0.2, -0.15) is 0 Å². The lowest BCUT2D eigenvalue weighted by Crippen LogP contribution is -2.48. The Kier molecular flexibility index (Phi) is 4.13. The molecule has 6 nitrogen and oxygen atoms in total. The van der Waals surface area contributed by atoms with Crippen molar-refractivity contribution in [3.8, 4) is 0 Å². The van der Waals surface area contributed by atoms with Crippen LogP contribution in [0.4, 0.5) is 0 Å². The van der Waals surface area contributed by atoms with Gasteiger partial charge in [0.15, 0.2) is 5.76 Å². The molecule has 0 saturated carbocycles. The van der Waals surface area contributed by atoms with Crippen LogP contribution in [0, 0.1) is 0 Å². The number of rotatable bonds is 3. The van der Waals surface area contributed by atoms with Gasteiger partial charge >= 0.3 is 5.97 Å². The monoisotopic (exact) mass is 281 g/mol. The number of carbonyl (C=O) groups excluding carboxylic acids is 1. The minimum atomic E-state index is -1.08. The number of aryl methyl sites for hydroxylation is 1. The van der Waals surface area contributed by atoms with Gasteiger partial charge < -0.3 is 19.2 Å². The number of morpholine rings is 1. The van der Waals surface area contributed by atoms with Crippen molar-refractivity contribution in [3.63, 3.8) is 0 Å². The maximum atomic E-state index is 12.4. The molecule has 2 heterocycles. The second-order valence-electron chi connectivity index (χ2n) is 5.07. The SMILES string of the molecule is CCc1oc(C(=O)N2C[C@@H](C)O[C@@H](C)C2)cc1C(=O)O. The van der Waals surface area contributed by atoms with E-state index in [2.05, 4.69) is 0 Å². The Morgan fingerprint density at radius 1 is 1.35 bits per heavy atom. The van der Waals surface area contributed by atoms with Crippen LogP contribution in [0.15, 0.2) is 10.5 Å². The molecule has 1 saturated heterocycles. The highest BCUT2D eigenvalue weighted by molar-refractivity contribution is 5.96. The van der Waals surface area contributed by atoms with Gasteiger partial charge in [0, 0.05) is 25.6 Å². The van der Waals surface area contributed by atoms with Crippen molar-refractivity contribution in [1.82, 2.24) is 4.90 Å². The van der Waals surface area contributed by atoms with Crippen LogP contribution in [0.3, 0.4) is 0 Å². The summed E-state index contributed by atoms with van der Waals surface area (Å²) in [4.78, 5) is 25.1. The quantitative estimate of drug-likeness (QED) is 0.913. The number of hydrogen-bond acceptors (Lipinski definition) is 4. The molecular weight excluding hydrogens is 262 g/mol. The summed E-state index contributed by atoms with van der Waals surface area (Å²) >= 11 is 0. The third-order valence-electron chi connectivity index (χ3n) is 3.28. The van der Waals surface area contributed by atoms with E-state index in [0.717, 1.165) is 0 Å². The largest absolute Gasteiger partial charge is 0.478 e. The van der Waals surface area contributed by atoms with Gasteiger partial charge in [0.05, 0.1) is 12.2 Å². The molecule has 0 bridgehead atoms. The van der Waals surface area contributed by atoms with Crippen molar-refractivity contribution < 1.29 is 23.8 Å². The first kappa shape index (κ1) is 14.6. The summed E-state index contributed by atoms with van der Waals surface area (Å²) in [5, 5.41) is 9.08. The van der Waals surface area contributed by atoms with E-state index >= 15 is 0 Å². The molecule has 1 aromatic rings. The molecule has 1 aliphatic heterocycles. The fraction of sp³-hybridized carbons (Fsp3) is 0.571. The first-order valence-corrected chi connectivity index (χ1v) is 6.73. The van der Waals surface area contributed by atoms with Crippen molar-refractivity contribution in [2.75, 3.05) is 13.1 Å². The average Bonchev–Trinajstić information content (AvgIpc) is 2.80. The summed E-state index contributed by atoms with van der Waals surface area (Å²) < 4.78 is 11.0. The summed E-state index contributed by atoms with van der Waals surface area (Å²) in [5.74, 6) is -0.946. The fourth-order valence-electron chi connectivity index (χ4n) is 2.48. The van der Waals surface area contributed by atoms with Crippen molar-refractivity contribution in [3.05, 3.63) is 23.2 Å². The minimum Gasteiger partial charge on any atom is -0.478 e. The van der Waals surface area contributed by atoms with E-state index in [-0.39, 0.29) is 29.4 Å². The highest BCUT2D eigenvalue weighted by Gasteiger charge is 2.29. The van der Waals surface area contributed by atoms with Crippen molar-refractivity contribution in [2.24, 2.45) is 0 Å². The normalized spacial score (nSPS) is 22.9. The molecule has 0 radical (unpaired) electrons. The van der Waals surface area contributed by atoms with Crippen molar-refractivity contribution >= 4 is 11.9 Å². The number of nitrogens with zero attached hydrogens (tertiary/aromatic N) is 1. The number of aromatic carboxylic acids is 1. The van der Waals surface area contributed by atoms with E-state index in [1.165, 1.54) is 6.07 Å². The molecule has 2 atom stereocenters. The van der Waals surface area contributed by atoms with Gasteiger partial charge in [0.2, 0.25) is 0 Å². The molecule has 20 heavy (non-hydrogen) atoms. The van der Waals surface area contributed by atoms with E-state index in [1.807, 2.05) is 13.8 Å². The number of carboxylic acid groups (broad SMARTS) is 1. The van der Waals surface area contributed by atoms with Crippen LogP contribution in [0.1, 0.15) is 47.4 Å². The third kappa shape index (κ3) is 2.85. The van der Waals surface area contributed by atoms with Gasteiger partial charge in [0.25, 0.3) is 5.91 Å². The van der Waals surface area contributed by atoms with Crippen LogP contribution < -0.4 is 0 Å². The van der Waals surface area contributed by atoms with Crippen LogP contribution in [-0.4, -0.2) is 47.2 Å². The van der Waals surface area contributed by atoms with Crippen LogP contribution in [0.25, 0.3) is 0 Å². The van der Waals surface area contributed by atoms with Crippen molar-refractivity contribution in [1.29, 1.82) is 0 Å². The lowest BCUT2D eigenvalue weighted by Gasteiger charge is -2.34. The lowest BCUT2D eigenvalue weighted by molar-refractivity contribution is -0.0592. The van der Waals surface area contributed by atoms with Crippen LogP contribution in [-0.2, 0) is 11.2 Å². The van der Waals surface area contributed by atoms with Gasteiger partial charge in [0.1, 0.15) is 11.3 Å². The molecule has 1 aromatic heterocycles. The molecule has 2 rings (SSSR count). The summed E-state index contributed by atoms with van der Waals surface area (Å²) in [7, 11) is 0. The summed E-state index contributed by atoms with van der Waals surface area (Å²) in [5.41, 5.74) is 0.0604. The standard InChI is InChI=1S/C14H19NO5/c1-4-11-10(14(17)18)5-12(20-11)13(16)15-6-8(2)19-9(3)7-15/h5,8-9H,4,6-7H2,1-3H3,(H,17,18)/t8-,9+. The molecule has 1 amide bonds. The molecule has 110 valence electrons. The van der Waals surface area contributed by atoms with E-state index < -0.39 is 5.97 Å². The van der Waals surface area contributed by atoms with E-state index in [4.69, 9.17) is 14.3 Å². The van der Waals surface area contributed by atoms with Crippen LogP contribution >= 0.6 is 0 Å². The van der Waals surface area contributed by atoms with Crippen LogP contribution in [0.2, 0.25) is 0 Å². The third-order valence-corrected chi connectivity index (χ3v) is 3.28. The first-order chi connectivity index (χ1) is 9.42. The van der Waals surface area contributed by atoms with Gasteiger partial charge in [-0.15, -0.1) is 0 Å². The molecule has 1 fully saturated rings. The Hall–Kier alpha value is -1.82. The zero-order chi connectivity index (χ0) is 14.9. The molecule has 0 aromatic carbocycles. The Morgan fingerprint density at radius 2 is 1.95 bits per heavy atom. The molecule has 0 spiro atoms. The smallest absolute Gasteiger partial charge is 0.339 e. The molecule has 1 N–H and O–H groups in total. The van der Waals surface area contributed by atoms with E-state index in [1.54, 1.807) is 11.8 Å². The van der Waals surface area contributed by atoms with E-state index in [9.17, 15) is 9.59 Å². The summed E-state index contributed by atoms with van der Waals surface area (Å²) in [6.07, 6.45) is 0.356. The Morgan fingerprint density at radius 3 is 2.40 bits per heavy atom. The van der Waals surface area contributed by atoms with E-state index in [0.29, 0.717) is 25.3 Å². The number of carboxylic acids is 1. The zero-order valence-corrected chi connectivity index (χ0v) is 11.9. The number of furan rings is 1. The van der Waals surface area contributed by atoms with Gasteiger partial charge in [-0.1, -0.05) is 6.92 Å². The Bertz CT molecular complexity index is 512. The number of hydrogen-bond donors (Lipinski definition) is 1. The Labute approximate surface area is 117 Å². The maximum Gasteiger partial charge on any atom is 0.339 e. The van der Waals surface area contributed by atoms with Gasteiger partial charge in [-0.3, -0.25) is 4.79 Å².